The van der Waals surface area contributed by atoms with E-state index in [1.807, 2.05) is 4.90 Å². The van der Waals surface area contributed by atoms with Crippen molar-refractivity contribution in [1.29, 1.82) is 0 Å². The summed E-state index contributed by atoms with van der Waals surface area (Å²) in [7, 11) is -3.65. The SMILES string of the molecule is C#CCNC(=O)C(C)N1CCN(S(=O)(=O)c2ccc(Cl)c(Cl)c2)CC1. The fourth-order valence-corrected chi connectivity index (χ4v) is 4.38. The van der Waals surface area contributed by atoms with Crippen molar-refractivity contribution in [2.75, 3.05) is 32.7 Å². The molecule has 0 bridgehead atoms. The van der Waals surface area contributed by atoms with Gasteiger partial charge in [-0.2, -0.15) is 4.31 Å². The monoisotopic (exact) mass is 403 g/mol. The van der Waals surface area contributed by atoms with Crippen molar-refractivity contribution in [1.82, 2.24) is 14.5 Å². The highest BCUT2D eigenvalue weighted by molar-refractivity contribution is 7.89. The molecule has 0 aliphatic carbocycles. The van der Waals surface area contributed by atoms with Crippen molar-refractivity contribution in [2.24, 2.45) is 0 Å². The highest BCUT2D eigenvalue weighted by Crippen LogP contribution is 2.27. The normalized spacial score (nSPS) is 17.7. The maximum absolute atomic E-state index is 12.7. The minimum atomic E-state index is -3.65. The third-order valence-corrected chi connectivity index (χ3v) is 6.73. The number of carbonyl (C=O) groups is 1. The van der Waals surface area contributed by atoms with E-state index in [9.17, 15) is 13.2 Å². The van der Waals surface area contributed by atoms with E-state index in [4.69, 9.17) is 29.6 Å². The number of halogens is 2. The molecule has 0 radical (unpaired) electrons. The van der Waals surface area contributed by atoms with Crippen LogP contribution < -0.4 is 5.32 Å². The topological polar surface area (TPSA) is 69.7 Å². The minimum Gasteiger partial charge on any atom is -0.344 e. The quantitative estimate of drug-likeness (QED) is 0.755. The van der Waals surface area contributed by atoms with Gasteiger partial charge in [0.1, 0.15) is 0 Å². The zero-order valence-electron chi connectivity index (χ0n) is 13.7. The highest BCUT2D eigenvalue weighted by atomic mass is 35.5. The van der Waals surface area contributed by atoms with E-state index in [2.05, 4.69) is 11.2 Å². The third kappa shape index (κ3) is 4.66. The lowest BCUT2D eigenvalue weighted by molar-refractivity contribution is -0.126. The van der Waals surface area contributed by atoms with E-state index in [1.165, 1.54) is 22.5 Å². The Morgan fingerprint density at radius 1 is 1.28 bits per heavy atom. The molecule has 6 nitrogen and oxygen atoms in total. The summed E-state index contributed by atoms with van der Waals surface area (Å²) >= 11 is 11.8. The largest absolute Gasteiger partial charge is 0.344 e. The van der Waals surface area contributed by atoms with E-state index < -0.39 is 10.0 Å². The van der Waals surface area contributed by atoms with Crippen LogP contribution in [0.4, 0.5) is 0 Å². The first-order valence-electron chi connectivity index (χ1n) is 7.68. The summed E-state index contributed by atoms with van der Waals surface area (Å²) in [6.45, 7) is 3.42. The average molecular weight is 404 g/mol. The number of piperazine rings is 1. The molecule has 1 fully saturated rings. The first-order valence-corrected chi connectivity index (χ1v) is 9.87. The second kappa shape index (κ2) is 8.39. The number of amides is 1. The Morgan fingerprint density at radius 3 is 2.48 bits per heavy atom. The number of nitrogens with one attached hydrogen (secondary N) is 1. The van der Waals surface area contributed by atoms with Crippen LogP contribution in [-0.2, 0) is 14.8 Å². The number of rotatable bonds is 5. The van der Waals surface area contributed by atoms with Gasteiger partial charge in [-0.05, 0) is 25.1 Å². The predicted molar refractivity (Wildman–Crippen MR) is 98.1 cm³/mol. The molecule has 1 atom stereocenters. The fraction of sp³-hybridized carbons (Fsp3) is 0.438. The van der Waals surface area contributed by atoms with Gasteiger partial charge in [-0.3, -0.25) is 9.69 Å². The number of hydrogen-bond acceptors (Lipinski definition) is 4. The van der Waals surface area contributed by atoms with Gasteiger partial charge in [0.05, 0.1) is 27.5 Å². The molecule has 0 spiro atoms. The van der Waals surface area contributed by atoms with E-state index >= 15 is 0 Å². The van der Waals surface area contributed by atoms with Crippen molar-refractivity contribution in [3.63, 3.8) is 0 Å². The van der Waals surface area contributed by atoms with Crippen molar-refractivity contribution in [3.8, 4) is 12.3 Å². The van der Waals surface area contributed by atoms with Crippen LogP contribution in [0.25, 0.3) is 0 Å². The molecule has 0 saturated carbocycles. The number of sulfonamides is 1. The molecule has 1 saturated heterocycles. The second-order valence-corrected chi connectivity index (χ2v) is 8.37. The molecule has 9 heteroatoms. The fourth-order valence-electron chi connectivity index (χ4n) is 2.57. The van der Waals surface area contributed by atoms with Gasteiger partial charge in [0.2, 0.25) is 15.9 Å². The Balaban J connectivity index is 2.02. The van der Waals surface area contributed by atoms with Gasteiger partial charge >= 0.3 is 0 Å². The van der Waals surface area contributed by atoms with E-state index in [1.54, 1.807) is 6.92 Å². The van der Waals surface area contributed by atoms with Crippen LogP contribution in [0.5, 0.6) is 0 Å². The Morgan fingerprint density at radius 2 is 1.92 bits per heavy atom. The summed E-state index contributed by atoms with van der Waals surface area (Å²) in [4.78, 5) is 14.0. The molecular weight excluding hydrogens is 385 g/mol. The molecule has 136 valence electrons. The molecule has 1 aliphatic rings. The van der Waals surface area contributed by atoms with Crippen LogP contribution in [0.1, 0.15) is 6.92 Å². The van der Waals surface area contributed by atoms with Gasteiger partial charge in [0.25, 0.3) is 0 Å². The molecular formula is C16H19Cl2N3O3S. The minimum absolute atomic E-state index is 0.107. The van der Waals surface area contributed by atoms with Crippen molar-refractivity contribution >= 4 is 39.1 Å². The smallest absolute Gasteiger partial charge is 0.243 e. The predicted octanol–water partition coefficient (Wildman–Crippen LogP) is 1.44. The summed E-state index contributed by atoms with van der Waals surface area (Å²) in [6, 6.07) is 3.88. The second-order valence-electron chi connectivity index (χ2n) is 5.61. The summed E-state index contributed by atoms with van der Waals surface area (Å²) < 4.78 is 26.8. The van der Waals surface area contributed by atoms with Crippen LogP contribution in [0.15, 0.2) is 23.1 Å². The van der Waals surface area contributed by atoms with Crippen LogP contribution in [-0.4, -0.2) is 62.3 Å². The maximum Gasteiger partial charge on any atom is 0.243 e. The number of hydrogen-bond donors (Lipinski definition) is 1. The van der Waals surface area contributed by atoms with Gasteiger partial charge in [-0.15, -0.1) is 6.42 Å². The van der Waals surface area contributed by atoms with Crippen LogP contribution >= 0.6 is 23.2 Å². The van der Waals surface area contributed by atoms with Gasteiger partial charge < -0.3 is 5.32 Å². The molecule has 1 aromatic carbocycles. The van der Waals surface area contributed by atoms with Crippen molar-refractivity contribution in [3.05, 3.63) is 28.2 Å². The average Bonchev–Trinajstić information content (AvgIpc) is 2.61. The van der Waals surface area contributed by atoms with E-state index in [-0.39, 0.29) is 41.5 Å². The summed E-state index contributed by atoms with van der Waals surface area (Å²) in [5.41, 5.74) is 0. The lowest BCUT2D eigenvalue weighted by Gasteiger charge is -2.36. The lowest BCUT2D eigenvalue weighted by Crippen LogP contribution is -2.54. The lowest BCUT2D eigenvalue weighted by atomic mass is 10.2. The highest BCUT2D eigenvalue weighted by Gasteiger charge is 2.31. The van der Waals surface area contributed by atoms with Gasteiger partial charge in [-0.25, -0.2) is 8.42 Å². The molecule has 1 aliphatic heterocycles. The van der Waals surface area contributed by atoms with Crippen LogP contribution in [0.3, 0.4) is 0 Å². The first kappa shape index (κ1) is 20.0. The number of benzene rings is 1. The molecule has 1 aromatic rings. The molecule has 1 unspecified atom stereocenters. The Labute approximate surface area is 158 Å². The van der Waals surface area contributed by atoms with E-state index in [0.717, 1.165) is 0 Å². The Bertz CT molecular complexity index is 784. The standard InChI is InChI=1S/C16H19Cl2N3O3S/c1-3-6-19-16(22)12(2)20-7-9-21(10-8-20)25(23,24)13-4-5-14(17)15(18)11-13/h1,4-5,11-12H,6-10H2,2H3,(H,19,22). The van der Waals surface area contributed by atoms with Crippen LogP contribution in [0.2, 0.25) is 10.0 Å². The van der Waals surface area contributed by atoms with Gasteiger partial charge in [0, 0.05) is 26.2 Å². The van der Waals surface area contributed by atoms with E-state index in [0.29, 0.717) is 18.1 Å². The van der Waals surface area contributed by atoms with Gasteiger partial charge in [-0.1, -0.05) is 29.1 Å². The molecule has 1 amide bonds. The number of carbonyl (C=O) groups excluding carboxylic acids is 1. The zero-order valence-corrected chi connectivity index (χ0v) is 16.0. The summed E-state index contributed by atoms with van der Waals surface area (Å²) in [6.07, 6.45) is 5.13. The number of nitrogens with zero attached hydrogens (tertiary/aromatic N) is 2. The van der Waals surface area contributed by atoms with Crippen molar-refractivity contribution < 1.29 is 13.2 Å². The zero-order chi connectivity index (χ0) is 18.6. The third-order valence-electron chi connectivity index (χ3n) is 4.09. The first-order chi connectivity index (χ1) is 11.8. The Kier molecular flexibility index (Phi) is 6.72. The molecule has 2 rings (SSSR count). The molecule has 25 heavy (non-hydrogen) atoms. The van der Waals surface area contributed by atoms with Crippen LogP contribution in [0, 0.1) is 12.3 Å². The summed E-state index contributed by atoms with van der Waals surface area (Å²) in [5.74, 6) is 2.18. The molecule has 0 aromatic heterocycles. The summed E-state index contributed by atoms with van der Waals surface area (Å²) in [5, 5.41) is 3.13. The molecule has 1 heterocycles. The maximum atomic E-state index is 12.7. The van der Waals surface area contributed by atoms with Crippen molar-refractivity contribution in [2.45, 2.75) is 17.9 Å². The molecule has 1 N–H and O–H groups in total. The Hall–Kier alpha value is -1.30. The van der Waals surface area contributed by atoms with Gasteiger partial charge in [0.15, 0.2) is 0 Å². The number of terminal acetylenes is 1.